The van der Waals surface area contributed by atoms with Gasteiger partial charge < -0.3 is 5.32 Å². The van der Waals surface area contributed by atoms with Gasteiger partial charge in [-0.2, -0.15) is 0 Å². The Balaban J connectivity index is 1.60. The molecule has 2 aromatic heterocycles. The number of fused-ring (bicyclic) bond motifs is 3. The van der Waals surface area contributed by atoms with E-state index in [4.69, 9.17) is 0 Å². The van der Waals surface area contributed by atoms with Crippen LogP contribution in [0.1, 0.15) is 68.7 Å². The van der Waals surface area contributed by atoms with Crippen LogP contribution in [0.4, 0.5) is 5.82 Å². The third-order valence-electron chi connectivity index (χ3n) is 4.57. The first-order chi connectivity index (χ1) is 10.9. The number of aryl methyl sites for hydroxylation is 2. The molecule has 0 saturated heterocycles. The maximum absolute atomic E-state index is 4.52. The fourth-order valence-electron chi connectivity index (χ4n) is 3.34. The van der Waals surface area contributed by atoms with E-state index in [9.17, 15) is 0 Å². The SMILES string of the molecule is CCCCCCCCNc1ncnc2sc3c(c12)CCCC3. The summed E-state index contributed by atoms with van der Waals surface area (Å²) in [6.45, 7) is 3.30. The zero-order valence-electron chi connectivity index (χ0n) is 13.7. The average Bonchev–Trinajstić information content (AvgIpc) is 2.93. The van der Waals surface area contributed by atoms with Gasteiger partial charge in [-0.05, 0) is 37.7 Å². The number of anilines is 1. The summed E-state index contributed by atoms with van der Waals surface area (Å²) in [6.07, 6.45) is 14.8. The number of aromatic nitrogens is 2. The fourth-order valence-corrected chi connectivity index (χ4v) is 4.57. The highest BCUT2D eigenvalue weighted by Gasteiger charge is 2.19. The molecule has 0 fully saturated rings. The molecular weight excluding hydrogens is 290 g/mol. The maximum atomic E-state index is 4.52. The molecule has 0 spiro atoms. The Morgan fingerprint density at radius 1 is 1.05 bits per heavy atom. The lowest BCUT2D eigenvalue weighted by Gasteiger charge is -2.12. The largest absolute Gasteiger partial charge is 0.369 e. The number of unbranched alkanes of at least 4 members (excludes halogenated alkanes) is 5. The molecule has 2 heterocycles. The van der Waals surface area contributed by atoms with Gasteiger partial charge in [-0.15, -0.1) is 11.3 Å². The first-order valence-electron chi connectivity index (χ1n) is 8.89. The van der Waals surface area contributed by atoms with E-state index >= 15 is 0 Å². The van der Waals surface area contributed by atoms with Gasteiger partial charge in [0.2, 0.25) is 0 Å². The highest BCUT2D eigenvalue weighted by atomic mass is 32.1. The molecule has 0 bridgehead atoms. The Kier molecular flexibility index (Phi) is 5.65. The minimum Gasteiger partial charge on any atom is -0.369 e. The van der Waals surface area contributed by atoms with Crippen LogP contribution in [0.15, 0.2) is 6.33 Å². The number of rotatable bonds is 8. The van der Waals surface area contributed by atoms with Crippen LogP contribution in [-0.2, 0) is 12.8 Å². The molecule has 3 nitrogen and oxygen atoms in total. The molecule has 4 heteroatoms. The van der Waals surface area contributed by atoms with Crippen LogP contribution in [-0.4, -0.2) is 16.5 Å². The quantitative estimate of drug-likeness (QED) is 0.668. The zero-order chi connectivity index (χ0) is 15.2. The first-order valence-corrected chi connectivity index (χ1v) is 9.71. The molecule has 0 amide bonds. The molecule has 0 atom stereocenters. The van der Waals surface area contributed by atoms with E-state index in [2.05, 4.69) is 22.2 Å². The molecule has 2 aromatic rings. The van der Waals surface area contributed by atoms with E-state index in [1.54, 1.807) is 11.2 Å². The van der Waals surface area contributed by atoms with Crippen molar-refractivity contribution in [2.45, 2.75) is 71.1 Å². The summed E-state index contributed by atoms with van der Waals surface area (Å²) in [5.74, 6) is 1.07. The van der Waals surface area contributed by atoms with Crippen LogP contribution in [0.3, 0.4) is 0 Å². The van der Waals surface area contributed by atoms with Crippen molar-refractivity contribution in [1.82, 2.24) is 9.97 Å². The van der Waals surface area contributed by atoms with Crippen LogP contribution in [0.2, 0.25) is 0 Å². The molecule has 0 radical (unpaired) electrons. The molecule has 1 N–H and O–H groups in total. The standard InChI is InChI=1S/C18H27N3S/c1-2-3-4-5-6-9-12-19-17-16-14-10-7-8-11-15(14)22-18(16)21-13-20-17/h13H,2-12H2,1H3,(H,19,20,21). The van der Waals surface area contributed by atoms with Gasteiger partial charge in [-0.3, -0.25) is 0 Å². The van der Waals surface area contributed by atoms with Crippen molar-refractivity contribution >= 4 is 27.4 Å². The summed E-state index contributed by atoms with van der Waals surface area (Å²) in [5, 5.41) is 4.88. The molecule has 3 rings (SSSR count). The Labute approximate surface area is 137 Å². The lowest BCUT2D eigenvalue weighted by atomic mass is 9.97. The van der Waals surface area contributed by atoms with Crippen molar-refractivity contribution in [2.75, 3.05) is 11.9 Å². The highest BCUT2D eigenvalue weighted by molar-refractivity contribution is 7.19. The Morgan fingerprint density at radius 2 is 1.86 bits per heavy atom. The van der Waals surface area contributed by atoms with E-state index < -0.39 is 0 Å². The van der Waals surface area contributed by atoms with Crippen LogP contribution in [0.25, 0.3) is 10.2 Å². The van der Waals surface area contributed by atoms with E-state index in [1.165, 1.54) is 80.0 Å². The van der Waals surface area contributed by atoms with Crippen molar-refractivity contribution in [2.24, 2.45) is 0 Å². The summed E-state index contributed by atoms with van der Waals surface area (Å²) in [5.41, 5.74) is 1.53. The number of hydrogen-bond acceptors (Lipinski definition) is 4. The van der Waals surface area contributed by atoms with Gasteiger partial charge in [0, 0.05) is 11.4 Å². The average molecular weight is 318 g/mol. The van der Waals surface area contributed by atoms with Gasteiger partial charge in [0.25, 0.3) is 0 Å². The van der Waals surface area contributed by atoms with E-state index in [0.29, 0.717) is 0 Å². The highest BCUT2D eigenvalue weighted by Crippen LogP contribution is 2.38. The van der Waals surface area contributed by atoms with Crippen LogP contribution >= 0.6 is 11.3 Å². The number of thiophene rings is 1. The fraction of sp³-hybridized carbons (Fsp3) is 0.667. The molecule has 0 unspecified atom stereocenters. The summed E-state index contributed by atoms with van der Waals surface area (Å²) >= 11 is 1.88. The van der Waals surface area contributed by atoms with Gasteiger partial charge in [0.15, 0.2) is 0 Å². The van der Waals surface area contributed by atoms with Crippen LogP contribution in [0, 0.1) is 0 Å². The summed E-state index contributed by atoms with van der Waals surface area (Å²) in [4.78, 5) is 11.7. The molecule has 0 aliphatic heterocycles. The molecule has 1 aliphatic carbocycles. The molecule has 0 aromatic carbocycles. The lowest BCUT2D eigenvalue weighted by molar-refractivity contribution is 0.617. The Hall–Kier alpha value is -1.16. The van der Waals surface area contributed by atoms with Crippen LogP contribution in [0.5, 0.6) is 0 Å². The van der Waals surface area contributed by atoms with Crippen molar-refractivity contribution < 1.29 is 0 Å². The first kappa shape index (κ1) is 15.7. The van der Waals surface area contributed by atoms with Gasteiger partial charge in [0.1, 0.15) is 17.0 Å². The lowest BCUT2D eigenvalue weighted by Crippen LogP contribution is -2.05. The van der Waals surface area contributed by atoms with Crippen molar-refractivity contribution in [1.29, 1.82) is 0 Å². The second-order valence-electron chi connectivity index (χ2n) is 6.31. The topological polar surface area (TPSA) is 37.8 Å². The van der Waals surface area contributed by atoms with Gasteiger partial charge in [0.05, 0.1) is 5.39 Å². The molecular formula is C18H27N3S. The third kappa shape index (κ3) is 3.60. The van der Waals surface area contributed by atoms with E-state index in [0.717, 1.165) is 12.4 Å². The minimum absolute atomic E-state index is 1.03. The summed E-state index contributed by atoms with van der Waals surface area (Å²) in [7, 11) is 0. The second-order valence-corrected chi connectivity index (χ2v) is 7.39. The predicted octanol–water partition coefficient (Wildman–Crippen LogP) is 5.34. The summed E-state index contributed by atoms with van der Waals surface area (Å²) < 4.78 is 0. The monoisotopic (exact) mass is 317 g/mol. The van der Waals surface area contributed by atoms with Crippen molar-refractivity contribution in [3.05, 3.63) is 16.8 Å². The molecule has 1 aliphatic rings. The third-order valence-corrected chi connectivity index (χ3v) is 5.77. The number of nitrogens with one attached hydrogen (secondary N) is 1. The van der Waals surface area contributed by atoms with Gasteiger partial charge >= 0.3 is 0 Å². The molecule has 120 valence electrons. The molecule has 0 saturated carbocycles. The van der Waals surface area contributed by atoms with Crippen molar-refractivity contribution in [3.8, 4) is 0 Å². The van der Waals surface area contributed by atoms with Crippen molar-refractivity contribution in [3.63, 3.8) is 0 Å². The number of hydrogen-bond donors (Lipinski definition) is 1. The zero-order valence-corrected chi connectivity index (χ0v) is 14.5. The number of nitrogens with zero attached hydrogens (tertiary/aromatic N) is 2. The maximum Gasteiger partial charge on any atom is 0.138 e. The van der Waals surface area contributed by atoms with Gasteiger partial charge in [-0.1, -0.05) is 39.0 Å². The van der Waals surface area contributed by atoms with Gasteiger partial charge in [-0.25, -0.2) is 9.97 Å². The smallest absolute Gasteiger partial charge is 0.138 e. The van der Waals surface area contributed by atoms with E-state index in [1.807, 2.05) is 11.3 Å². The van der Waals surface area contributed by atoms with E-state index in [-0.39, 0.29) is 0 Å². The minimum atomic E-state index is 1.03. The Bertz CT molecular complexity index is 606. The summed E-state index contributed by atoms with van der Waals surface area (Å²) in [6, 6.07) is 0. The second kappa shape index (κ2) is 7.91. The van der Waals surface area contributed by atoms with Crippen LogP contribution < -0.4 is 5.32 Å². The molecule has 22 heavy (non-hydrogen) atoms. The normalized spacial score (nSPS) is 14.2. The predicted molar refractivity (Wildman–Crippen MR) is 95.9 cm³/mol. The Morgan fingerprint density at radius 3 is 2.77 bits per heavy atom.